The number of carbonyl (C=O) groups excluding carboxylic acids is 1. The molecule has 2 aromatic rings. The highest BCUT2D eigenvalue weighted by Gasteiger charge is 2.18. The van der Waals surface area contributed by atoms with Crippen molar-refractivity contribution >= 4 is 29.9 Å². The van der Waals surface area contributed by atoms with Crippen LogP contribution in [0.5, 0.6) is 0 Å². The van der Waals surface area contributed by atoms with Crippen molar-refractivity contribution in [1.82, 2.24) is 25.4 Å². The van der Waals surface area contributed by atoms with Crippen molar-refractivity contribution in [2.24, 2.45) is 7.05 Å². The van der Waals surface area contributed by atoms with Crippen molar-refractivity contribution in [3.05, 3.63) is 46.5 Å². The number of amides is 1. The second-order valence-corrected chi connectivity index (χ2v) is 5.38. The van der Waals surface area contributed by atoms with Gasteiger partial charge in [0.1, 0.15) is 5.15 Å². The van der Waals surface area contributed by atoms with E-state index in [0.29, 0.717) is 23.0 Å². The second kappa shape index (κ2) is 9.50. The Morgan fingerprint density at radius 2 is 2.17 bits per heavy atom. The van der Waals surface area contributed by atoms with Crippen LogP contribution >= 0.6 is 24.0 Å². The van der Waals surface area contributed by atoms with Crippen molar-refractivity contribution in [3.63, 3.8) is 0 Å². The smallest absolute Gasteiger partial charge is 0.256 e. The summed E-state index contributed by atoms with van der Waals surface area (Å²) in [7, 11) is 1.72. The van der Waals surface area contributed by atoms with E-state index in [1.807, 2.05) is 18.3 Å². The summed E-state index contributed by atoms with van der Waals surface area (Å²) in [6.07, 6.45) is 4.43. The van der Waals surface area contributed by atoms with Gasteiger partial charge in [-0.2, -0.15) is 5.10 Å². The molecule has 2 rings (SSSR count). The quantitative estimate of drug-likeness (QED) is 0.744. The molecule has 0 atom stereocenters. The third kappa shape index (κ3) is 5.49. The van der Waals surface area contributed by atoms with Crippen molar-refractivity contribution in [1.29, 1.82) is 0 Å². The van der Waals surface area contributed by atoms with Crippen molar-refractivity contribution in [2.75, 3.05) is 13.1 Å². The summed E-state index contributed by atoms with van der Waals surface area (Å²) in [5, 5.41) is 10.7. The number of aryl methyl sites for hydroxylation is 2. The third-order valence-corrected chi connectivity index (χ3v) is 3.68. The van der Waals surface area contributed by atoms with Crippen LogP contribution in [0.3, 0.4) is 0 Å². The molecule has 0 aromatic carbocycles. The Morgan fingerprint density at radius 3 is 2.78 bits per heavy atom. The van der Waals surface area contributed by atoms with Crippen LogP contribution in [0, 0.1) is 6.92 Å². The summed E-state index contributed by atoms with van der Waals surface area (Å²) in [6, 6.07) is 3.94. The summed E-state index contributed by atoms with van der Waals surface area (Å²) in [4.78, 5) is 16.1. The summed E-state index contributed by atoms with van der Waals surface area (Å²) in [5.74, 6) is -0.178. The zero-order valence-corrected chi connectivity index (χ0v) is 14.7. The topological polar surface area (TPSA) is 71.8 Å². The molecular weight excluding hydrogens is 337 g/mol. The monoisotopic (exact) mass is 357 g/mol. The van der Waals surface area contributed by atoms with Crippen LogP contribution in [0.1, 0.15) is 28.0 Å². The van der Waals surface area contributed by atoms with Gasteiger partial charge in [0.05, 0.1) is 11.3 Å². The number of hydrogen-bond acceptors (Lipinski definition) is 4. The van der Waals surface area contributed by atoms with Crippen LogP contribution < -0.4 is 10.6 Å². The lowest BCUT2D eigenvalue weighted by atomic mass is 10.2. The molecule has 8 heteroatoms. The summed E-state index contributed by atoms with van der Waals surface area (Å²) in [6.45, 7) is 3.95. The number of halogens is 2. The molecule has 0 saturated carbocycles. The molecule has 1 amide bonds. The van der Waals surface area contributed by atoms with Crippen LogP contribution in [0.2, 0.25) is 5.15 Å². The molecule has 0 radical (unpaired) electrons. The lowest BCUT2D eigenvalue weighted by molar-refractivity contribution is 0.0952. The van der Waals surface area contributed by atoms with E-state index < -0.39 is 0 Å². The maximum absolute atomic E-state index is 12.1. The largest absolute Gasteiger partial charge is 0.352 e. The lowest BCUT2D eigenvalue weighted by Gasteiger charge is -2.06. The number of hydrogen-bond donors (Lipinski definition) is 2. The number of carbonyl (C=O) groups is 1. The summed E-state index contributed by atoms with van der Waals surface area (Å²) in [5.41, 5.74) is 2.23. The Labute approximate surface area is 147 Å². The van der Waals surface area contributed by atoms with Gasteiger partial charge in [0.2, 0.25) is 0 Å². The maximum Gasteiger partial charge on any atom is 0.256 e. The Balaban J connectivity index is 0.00000264. The van der Waals surface area contributed by atoms with Gasteiger partial charge in [-0.3, -0.25) is 14.5 Å². The molecule has 2 heterocycles. The minimum Gasteiger partial charge on any atom is -0.352 e. The molecule has 0 aliphatic carbocycles. The number of rotatable bonds is 7. The van der Waals surface area contributed by atoms with Gasteiger partial charge < -0.3 is 10.6 Å². The average molecular weight is 358 g/mol. The summed E-state index contributed by atoms with van der Waals surface area (Å²) >= 11 is 6.06. The van der Waals surface area contributed by atoms with Crippen molar-refractivity contribution < 1.29 is 4.79 Å². The normalized spacial score (nSPS) is 10.2. The van der Waals surface area contributed by atoms with Crippen molar-refractivity contribution in [3.8, 4) is 0 Å². The molecule has 2 aromatic heterocycles. The first-order valence-electron chi connectivity index (χ1n) is 7.16. The van der Waals surface area contributed by atoms with Crippen LogP contribution in [-0.4, -0.2) is 33.8 Å². The van der Waals surface area contributed by atoms with Crippen LogP contribution in [0.4, 0.5) is 0 Å². The fourth-order valence-corrected chi connectivity index (χ4v) is 2.39. The fourth-order valence-electron chi connectivity index (χ4n) is 2.13. The molecule has 0 aliphatic rings. The molecular formula is C15H21Cl2N5O. The van der Waals surface area contributed by atoms with Gasteiger partial charge in [0, 0.05) is 32.5 Å². The zero-order valence-electron chi connectivity index (χ0n) is 13.2. The number of nitrogens with zero attached hydrogens (tertiary/aromatic N) is 3. The molecule has 126 valence electrons. The Kier molecular flexibility index (Phi) is 8.02. The predicted molar refractivity (Wildman–Crippen MR) is 93.1 cm³/mol. The van der Waals surface area contributed by atoms with Gasteiger partial charge in [0.25, 0.3) is 5.91 Å². The third-order valence-electron chi connectivity index (χ3n) is 3.25. The number of aromatic nitrogens is 3. The molecule has 0 unspecified atom stereocenters. The molecule has 0 fully saturated rings. The first-order valence-corrected chi connectivity index (χ1v) is 7.54. The summed E-state index contributed by atoms with van der Waals surface area (Å²) < 4.78 is 1.50. The minimum atomic E-state index is -0.178. The molecule has 0 spiro atoms. The highest BCUT2D eigenvalue weighted by atomic mass is 35.5. The molecule has 0 saturated heterocycles. The van der Waals surface area contributed by atoms with Gasteiger partial charge in [-0.1, -0.05) is 17.7 Å². The first-order chi connectivity index (χ1) is 10.6. The Morgan fingerprint density at radius 1 is 1.39 bits per heavy atom. The van der Waals surface area contributed by atoms with E-state index in [9.17, 15) is 4.79 Å². The molecule has 6 nitrogen and oxygen atoms in total. The van der Waals surface area contributed by atoms with Gasteiger partial charge in [-0.05, 0) is 31.5 Å². The van der Waals surface area contributed by atoms with Crippen LogP contribution in [0.15, 0.2) is 24.5 Å². The predicted octanol–water partition coefficient (Wildman–Crippen LogP) is 2.11. The SMILES string of the molecule is Cc1nn(C)c(Cl)c1C(=O)NCCCNCc1cccnc1.Cl. The lowest BCUT2D eigenvalue weighted by Crippen LogP contribution is -2.27. The highest BCUT2D eigenvalue weighted by molar-refractivity contribution is 6.33. The number of pyridine rings is 1. The maximum atomic E-state index is 12.1. The number of nitrogens with one attached hydrogen (secondary N) is 2. The van der Waals surface area contributed by atoms with E-state index in [-0.39, 0.29) is 18.3 Å². The van der Waals surface area contributed by atoms with Crippen LogP contribution in [-0.2, 0) is 13.6 Å². The van der Waals surface area contributed by atoms with E-state index in [0.717, 1.165) is 25.1 Å². The molecule has 0 aliphatic heterocycles. The van der Waals surface area contributed by atoms with E-state index in [4.69, 9.17) is 11.6 Å². The molecule has 23 heavy (non-hydrogen) atoms. The van der Waals surface area contributed by atoms with E-state index in [1.165, 1.54) is 4.68 Å². The Bertz CT molecular complexity index is 630. The van der Waals surface area contributed by atoms with Gasteiger partial charge in [-0.15, -0.1) is 12.4 Å². The Hall–Kier alpha value is -1.63. The molecule has 2 N–H and O–H groups in total. The molecule has 0 bridgehead atoms. The minimum absolute atomic E-state index is 0. The van der Waals surface area contributed by atoms with Crippen LogP contribution in [0.25, 0.3) is 0 Å². The standard InChI is InChI=1S/C15H20ClN5O.ClH/c1-11-13(14(16)21(2)20-11)15(22)19-8-4-7-18-10-12-5-3-6-17-9-12;/h3,5-6,9,18H,4,7-8,10H2,1-2H3,(H,19,22);1H. The fraction of sp³-hybridized carbons (Fsp3) is 0.400. The van der Waals surface area contributed by atoms with E-state index in [2.05, 4.69) is 20.7 Å². The van der Waals surface area contributed by atoms with Gasteiger partial charge >= 0.3 is 0 Å². The average Bonchev–Trinajstić information content (AvgIpc) is 2.76. The van der Waals surface area contributed by atoms with E-state index in [1.54, 1.807) is 20.2 Å². The highest BCUT2D eigenvalue weighted by Crippen LogP contribution is 2.18. The first kappa shape index (κ1) is 19.4. The zero-order chi connectivity index (χ0) is 15.9. The van der Waals surface area contributed by atoms with E-state index >= 15 is 0 Å². The van der Waals surface area contributed by atoms with Gasteiger partial charge in [-0.25, -0.2) is 0 Å². The van der Waals surface area contributed by atoms with Gasteiger partial charge in [0.15, 0.2) is 0 Å². The van der Waals surface area contributed by atoms with Crippen molar-refractivity contribution in [2.45, 2.75) is 19.9 Å². The second-order valence-electron chi connectivity index (χ2n) is 5.02.